The number of aliphatic imine (C=N–C) groups is 1. The molecule has 2 atom stereocenters. The number of carbonyl (C=O) groups is 2. The van der Waals surface area contributed by atoms with Crippen LogP contribution in [-0.2, 0) is 28.4 Å². The molecule has 5 nitrogen and oxygen atoms in total. The van der Waals surface area contributed by atoms with Gasteiger partial charge in [0.2, 0.25) is 12.1 Å². The van der Waals surface area contributed by atoms with Gasteiger partial charge in [0, 0.05) is 17.2 Å². The molecule has 0 saturated carbocycles. The number of benzodiazepines with no additional fused rings is 1. The normalized spacial score (nSPS) is 16.6. The van der Waals surface area contributed by atoms with Gasteiger partial charge in [0.1, 0.15) is 0 Å². The van der Waals surface area contributed by atoms with Crippen LogP contribution in [0.2, 0.25) is 0 Å². The Morgan fingerprint density at radius 2 is 1.60 bits per heavy atom. The van der Waals surface area contributed by atoms with Crippen molar-refractivity contribution >= 4 is 23.2 Å². The van der Waals surface area contributed by atoms with Crippen LogP contribution >= 0.6 is 0 Å². The summed E-state index contributed by atoms with van der Waals surface area (Å²) in [6.07, 6.45) is -12.0. The molecule has 0 fully saturated rings. The van der Waals surface area contributed by atoms with E-state index in [-0.39, 0.29) is 12.1 Å². The molecular weight excluding hydrogens is 536 g/mol. The maximum absolute atomic E-state index is 13.8. The number of hydrogen-bond acceptors (Lipinski definition) is 3. The van der Waals surface area contributed by atoms with Crippen molar-refractivity contribution < 1.29 is 35.9 Å². The third kappa shape index (κ3) is 6.03. The first kappa shape index (κ1) is 28.8. The van der Waals surface area contributed by atoms with Gasteiger partial charge in [-0.2, -0.15) is 26.3 Å². The van der Waals surface area contributed by atoms with Crippen molar-refractivity contribution in [1.82, 2.24) is 5.32 Å². The minimum atomic E-state index is -5.14. The van der Waals surface area contributed by atoms with Crippen LogP contribution in [0.4, 0.5) is 32.0 Å². The molecule has 1 aliphatic rings. The number of hydrogen-bond donors (Lipinski definition) is 1. The molecule has 4 rings (SSSR count). The van der Waals surface area contributed by atoms with E-state index in [4.69, 9.17) is 0 Å². The van der Waals surface area contributed by atoms with Crippen molar-refractivity contribution in [2.45, 2.75) is 51.2 Å². The highest BCUT2D eigenvalue weighted by molar-refractivity contribution is 6.20. The molecule has 3 aromatic rings. The number of amides is 2. The van der Waals surface area contributed by atoms with E-state index in [0.29, 0.717) is 41.1 Å². The number of anilines is 1. The Morgan fingerprint density at radius 3 is 2.23 bits per heavy atom. The number of rotatable bonds is 6. The molecule has 1 N–H and O–H groups in total. The smallest absolute Gasteiger partial charge is 0.326 e. The van der Waals surface area contributed by atoms with Crippen molar-refractivity contribution in [1.29, 1.82) is 0 Å². The molecule has 0 aromatic heterocycles. The summed E-state index contributed by atoms with van der Waals surface area (Å²) in [6, 6.07) is 16.7. The number of alkyl halides is 6. The lowest BCUT2D eigenvalue weighted by atomic mass is 9.99. The van der Waals surface area contributed by atoms with E-state index in [1.54, 1.807) is 54.6 Å². The number of nitrogens with one attached hydrogen (secondary N) is 1. The van der Waals surface area contributed by atoms with Gasteiger partial charge in [-0.3, -0.25) is 9.59 Å². The van der Waals surface area contributed by atoms with Gasteiger partial charge in [0.15, 0.2) is 0 Å². The minimum absolute atomic E-state index is 0.0214. The number of benzene rings is 3. The molecule has 2 amide bonds. The summed E-state index contributed by atoms with van der Waals surface area (Å²) in [5, 5.41) is 2.42. The molecule has 0 saturated heterocycles. The van der Waals surface area contributed by atoms with Gasteiger partial charge in [-0.15, -0.1) is 0 Å². The molecule has 1 aliphatic heterocycles. The van der Waals surface area contributed by atoms with E-state index >= 15 is 0 Å². The van der Waals surface area contributed by atoms with Gasteiger partial charge in [0.05, 0.1) is 28.9 Å². The molecule has 0 spiro atoms. The van der Waals surface area contributed by atoms with Crippen LogP contribution in [0.25, 0.3) is 0 Å². The number of nitrogens with zero attached hydrogens (tertiary/aromatic N) is 2. The number of fused-ring (bicyclic) bond motifs is 1. The second-order valence-electron chi connectivity index (χ2n) is 9.34. The molecule has 1 heterocycles. The van der Waals surface area contributed by atoms with Gasteiger partial charge >= 0.3 is 12.4 Å². The van der Waals surface area contributed by atoms with E-state index in [2.05, 4.69) is 10.3 Å². The van der Waals surface area contributed by atoms with Crippen LogP contribution in [0, 0.1) is 0 Å². The summed E-state index contributed by atoms with van der Waals surface area (Å²) >= 11 is 0. The lowest BCUT2D eigenvalue weighted by Gasteiger charge is -2.30. The maximum atomic E-state index is 13.8. The zero-order chi connectivity index (χ0) is 29.2. The number of carbonyl (C=O) groups excluding carboxylic acids is 2. The molecule has 1 unspecified atom stereocenters. The molecule has 11 heteroatoms. The molecule has 3 aromatic carbocycles. The highest BCUT2D eigenvalue weighted by Gasteiger charge is 2.39. The first-order valence-corrected chi connectivity index (χ1v) is 12.4. The van der Waals surface area contributed by atoms with Crippen LogP contribution in [0.3, 0.4) is 0 Å². The van der Waals surface area contributed by atoms with Gasteiger partial charge in [0.25, 0.3) is 5.91 Å². The van der Waals surface area contributed by atoms with Crippen molar-refractivity contribution in [3.05, 3.63) is 101 Å². The van der Waals surface area contributed by atoms with E-state index in [1.165, 1.54) is 4.90 Å². The monoisotopic (exact) mass is 561 g/mol. The highest BCUT2D eigenvalue weighted by Crippen LogP contribution is 2.37. The fraction of sp³-hybridized carbons (Fsp3) is 0.276. The first-order chi connectivity index (χ1) is 18.8. The van der Waals surface area contributed by atoms with Gasteiger partial charge in [-0.25, -0.2) is 4.99 Å². The number of para-hydroxylation sites is 1. The Labute approximate surface area is 226 Å². The zero-order valence-electron chi connectivity index (χ0n) is 21.5. The molecule has 40 heavy (non-hydrogen) atoms. The fourth-order valence-corrected chi connectivity index (χ4v) is 4.49. The second kappa shape index (κ2) is 11.1. The Balaban J connectivity index is 1.74. The van der Waals surface area contributed by atoms with Crippen LogP contribution in [-0.4, -0.2) is 29.7 Å². The fourth-order valence-electron chi connectivity index (χ4n) is 4.49. The predicted molar refractivity (Wildman–Crippen MR) is 138 cm³/mol. The standard InChI is InChI=1S/C29H25F6N3O2/c1-3-17(2)38-23-12-8-7-11-21(23)25(18-9-5-4-6-10-18)37-26(27(38)40)36-24(39)15-19-13-14-20(28(30,31)32)16-22(19)29(33,34)35/h4-14,16-17,26H,3,15H2,1-2H3,(H,36,39)/t17?,26-/m1/s1. The van der Waals surface area contributed by atoms with Gasteiger partial charge in [-0.05, 0) is 37.1 Å². The van der Waals surface area contributed by atoms with Crippen molar-refractivity contribution in [3.63, 3.8) is 0 Å². The molecular formula is C29H25F6N3O2. The SMILES string of the molecule is CCC(C)N1C(=O)[C@H](NC(=O)Cc2ccc(C(F)(F)F)cc2C(F)(F)F)N=C(c2ccccc2)c2ccccc21. The van der Waals surface area contributed by atoms with E-state index in [1.807, 2.05) is 13.8 Å². The molecule has 0 radical (unpaired) electrons. The Morgan fingerprint density at radius 1 is 0.950 bits per heavy atom. The molecule has 210 valence electrons. The van der Waals surface area contributed by atoms with Crippen molar-refractivity contribution in [3.8, 4) is 0 Å². The third-order valence-corrected chi connectivity index (χ3v) is 6.62. The van der Waals surface area contributed by atoms with Crippen LogP contribution in [0.15, 0.2) is 77.8 Å². The molecule has 0 bridgehead atoms. The number of halogens is 6. The minimum Gasteiger partial charge on any atom is -0.326 e. The summed E-state index contributed by atoms with van der Waals surface area (Å²) in [5.74, 6) is -1.60. The Kier molecular flexibility index (Phi) is 8.04. The van der Waals surface area contributed by atoms with Gasteiger partial charge in [-0.1, -0.05) is 61.5 Å². The summed E-state index contributed by atoms with van der Waals surface area (Å²) in [7, 11) is 0. The maximum Gasteiger partial charge on any atom is 0.416 e. The summed E-state index contributed by atoms with van der Waals surface area (Å²) in [6.45, 7) is 3.69. The van der Waals surface area contributed by atoms with E-state index in [0.717, 1.165) is 0 Å². The first-order valence-electron chi connectivity index (χ1n) is 12.4. The Bertz CT molecular complexity index is 1430. The van der Waals surface area contributed by atoms with Crippen molar-refractivity contribution in [2.75, 3.05) is 4.90 Å². The largest absolute Gasteiger partial charge is 0.416 e. The lowest BCUT2D eigenvalue weighted by Crippen LogP contribution is -2.50. The molecule has 0 aliphatic carbocycles. The summed E-state index contributed by atoms with van der Waals surface area (Å²) in [4.78, 5) is 32.8. The average molecular weight is 562 g/mol. The quantitative estimate of drug-likeness (QED) is 0.355. The summed E-state index contributed by atoms with van der Waals surface area (Å²) < 4.78 is 80.1. The Hall–Kier alpha value is -4.15. The van der Waals surface area contributed by atoms with Crippen LogP contribution < -0.4 is 10.2 Å². The van der Waals surface area contributed by atoms with Crippen molar-refractivity contribution in [2.24, 2.45) is 4.99 Å². The lowest BCUT2D eigenvalue weighted by molar-refractivity contribution is -0.143. The third-order valence-electron chi connectivity index (χ3n) is 6.62. The zero-order valence-corrected chi connectivity index (χ0v) is 21.5. The highest BCUT2D eigenvalue weighted by atomic mass is 19.4. The van der Waals surface area contributed by atoms with Gasteiger partial charge < -0.3 is 10.2 Å². The van der Waals surface area contributed by atoms with E-state index in [9.17, 15) is 35.9 Å². The topological polar surface area (TPSA) is 61.8 Å². The average Bonchev–Trinajstić information content (AvgIpc) is 3.02. The summed E-state index contributed by atoms with van der Waals surface area (Å²) in [5.41, 5.74) is -1.49. The van der Waals surface area contributed by atoms with Crippen LogP contribution in [0.5, 0.6) is 0 Å². The second-order valence-corrected chi connectivity index (χ2v) is 9.34. The van der Waals surface area contributed by atoms with E-state index < -0.39 is 53.4 Å². The van der Waals surface area contributed by atoms with Crippen LogP contribution in [0.1, 0.15) is 48.1 Å². The predicted octanol–water partition coefficient (Wildman–Crippen LogP) is 6.39.